The van der Waals surface area contributed by atoms with E-state index >= 15 is 0 Å². The number of carbonyl (C=O) groups excluding carboxylic acids is 1. The molecule has 0 radical (unpaired) electrons. The first kappa shape index (κ1) is 28.8. The molecule has 2 heterocycles. The van der Waals surface area contributed by atoms with Gasteiger partial charge < -0.3 is 23.7 Å². The zero-order chi connectivity index (χ0) is 29.0. The molecular weight excluding hydrogens is 556 g/mol. The van der Waals surface area contributed by atoms with Crippen LogP contribution in [0.5, 0.6) is 23.0 Å². The van der Waals surface area contributed by atoms with E-state index in [2.05, 4.69) is 10.9 Å². The zero-order valence-electron chi connectivity index (χ0n) is 22.6. The number of ether oxygens (including phenoxy) is 5. The molecule has 208 valence electrons. The van der Waals surface area contributed by atoms with E-state index in [1.165, 1.54) is 30.1 Å². The summed E-state index contributed by atoms with van der Waals surface area (Å²) in [5, 5.41) is 0.273. The Morgan fingerprint density at radius 2 is 1.93 bits per heavy atom. The Labute approximate surface area is 239 Å². The fraction of sp³-hybridized carbons (Fsp3) is 0.276. The summed E-state index contributed by atoms with van der Waals surface area (Å²) in [5.74, 6) is 3.49. The molecule has 40 heavy (non-hydrogen) atoms. The molecule has 1 atom stereocenters. The highest BCUT2D eigenvalue weighted by Gasteiger charge is 2.35. The summed E-state index contributed by atoms with van der Waals surface area (Å²) in [6, 6.07) is 7.68. The lowest BCUT2D eigenvalue weighted by Crippen LogP contribution is -2.40. The van der Waals surface area contributed by atoms with Crippen molar-refractivity contribution in [2.24, 2.45) is 4.99 Å². The van der Waals surface area contributed by atoms with Crippen molar-refractivity contribution in [3.63, 3.8) is 0 Å². The Morgan fingerprint density at radius 3 is 2.58 bits per heavy atom. The summed E-state index contributed by atoms with van der Waals surface area (Å²) >= 11 is 7.63. The largest absolute Gasteiger partial charge is 0.497 e. The van der Waals surface area contributed by atoms with E-state index in [4.69, 9.17) is 41.7 Å². The Kier molecular flexibility index (Phi) is 8.87. The molecule has 3 aromatic rings. The van der Waals surface area contributed by atoms with E-state index in [0.717, 1.165) is 0 Å². The lowest BCUT2D eigenvalue weighted by molar-refractivity contribution is -0.139. The van der Waals surface area contributed by atoms with Crippen LogP contribution in [0.4, 0.5) is 0 Å². The molecule has 1 aliphatic rings. The second-order valence-electron chi connectivity index (χ2n) is 8.44. The van der Waals surface area contributed by atoms with Gasteiger partial charge in [0, 0.05) is 11.6 Å². The number of terminal acetylenes is 1. The van der Waals surface area contributed by atoms with Crippen LogP contribution >= 0.6 is 22.9 Å². The molecule has 4 rings (SSSR count). The summed E-state index contributed by atoms with van der Waals surface area (Å²) in [7, 11) is 4.53. The summed E-state index contributed by atoms with van der Waals surface area (Å²) in [5.41, 5.74) is 1.50. The number of methoxy groups -OCH3 is 3. The zero-order valence-corrected chi connectivity index (χ0v) is 24.1. The standard InChI is InChI=1S/C29H27ClN2O7S/c1-7-11-39-26-20(30)12-17(13-22(26)37-6)14-23-27(33)32-25(19-10-9-18(35-4)15-21(19)36-5)24(28(34)38-8-2)16(3)31-29(32)40-23/h1,9-10,12-15,25H,8,11H2,2-6H3/b23-14-/t25-/m0/s1. The first-order valence-electron chi connectivity index (χ1n) is 12.1. The topological polar surface area (TPSA) is 97.6 Å². The summed E-state index contributed by atoms with van der Waals surface area (Å²) in [4.78, 5) is 32.1. The van der Waals surface area contributed by atoms with Gasteiger partial charge in [0.1, 0.15) is 24.1 Å². The quantitative estimate of drug-likeness (QED) is 0.281. The van der Waals surface area contributed by atoms with E-state index in [-0.39, 0.29) is 29.4 Å². The molecule has 1 aliphatic heterocycles. The van der Waals surface area contributed by atoms with Crippen molar-refractivity contribution in [1.82, 2.24) is 4.57 Å². The molecule has 0 unspecified atom stereocenters. The second kappa shape index (κ2) is 12.3. The molecule has 0 bridgehead atoms. The highest BCUT2D eigenvalue weighted by atomic mass is 35.5. The first-order chi connectivity index (χ1) is 19.3. The number of aromatic nitrogens is 1. The van der Waals surface area contributed by atoms with Crippen LogP contribution in [-0.2, 0) is 9.53 Å². The minimum absolute atomic E-state index is 0.0188. The summed E-state index contributed by atoms with van der Waals surface area (Å²) in [6.45, 7) is 3.61. The Morgan fingerprint density at radius 1 is 1.18 bits per heavy atom. The molecule has 9 nitrogen and oxygen atoms in total. The van der Waals surface area contributed by atoms with Crippen molar-refractivity contribution in [2.45, 2.75) is 19.9 Å². The number of halogens is 1. The van der Waals surface area contributed by atoms with Gasteiger partial charge in [0.2, 0.25) is 0 Å². The van der Waals surface area contributed by atoms with Crippen molar-refractivity contribution in [1.29, 1.82) is 0 Å². The van der Waals surface area contributed by atoms with Gasteiger partial charge in [-0.1, -0.05) is 28.9 Å². The van der Waals surface area contributed by atoms with Gasteiger partial charge in [0.05, 0.1) is 48.8 Å². The van der Waals surface area contributed by atoms with Gasteiger partial charge in [0.15, 0.2) is 16.3 Å². The van der Waals surface area contributed by atoms with Crippen LogP contribution in [0, 0.1) is 12.3 Å². The fourth-order valence-electron chi connectivity index (χ4n) is 4.36. The molecule has 1 aromatic heterocycles. The minimum atomic E-state index is -0.851. The molecular formula is C29H27ClN2O7S. The average molecular weight is 583 g/mol. The molecule has 0 aliphatic carbocycles. The Hall–Kier alpha value is -4.20. The predicted octanol–water partition coefficient (Wildman–Crippen LogP) is 3.49. The van der Waals surface area contributed by atoms with E-state index in [1.807, 2.05) is 0 Å². The highest BCUT2D eigenvalue weighted by Crippen LogP contribution is 2.38. The molecule has 0 saturated heterocycles. The third-order valence-electron chi connectivity index (χ3n) is 6.10. The second-order valence-corrected chi connectivity index (χ2v) is 9.85. The maximum absolute atomic E-state index is 13.9. The van der Waals surface area contributed by atoms with Crippen LogP contribution < -0.4 is 33.8 Å². The number of thiazole rings is 1. The molecule has 0 fully saturated rings. The first-order valence-corrected chi connectivity index (χ1v) is 13.3. The van der Waals surface area contributed by atoms with Crippen molar-refractivity contribution in [3.05, 3.63) is 77.4 Å². The minimum Gasteiger partial charge on any atom is -0.497 e. The molecule has 2 aromatic carbocycles. The normalized spacial score (nSPS) is 14.6. The van der Waals surface area contributed by atoms with Gasteiger partial charge in [-0.05, 0) is 49.8 Å². The van der Waals surface area contributed by atoms with Gasteiger partial charge in [-0.3, -0.25) is 9.36 Å². The van der Waals surface area contributed by atoms with Crippen LogP contribution in [-0.4, -0.2) is 45.1 Å². The maximum Gasteiger partial charge on any atom is 0.338 e. The van der Waals surface area contributed by atoms with Gasteiger partial charge in [0.25, 0.3) is 5.56 Å². The van der Waals surface area contributed by atoms with Crippen molar-refractivity contribution >= 4 is 35.0 Å². The van der Waals surface area contributed by atoms with Gasteiger partial charge >= 0.3 is 5.97 Å². The van der Waals surface area contributed by atoms with Crippen LogP contribution in [0.3, 0.4) is 0 Å². The number of fused-ring (bicyclic) bond motifs is 1. The number of carbonyl (C=O) groups is 1. The summed E-state index contributed by atoms with van der Waals surface area (Å²) < 4.78 is 29.1. The monoisotopic (exact) mass is 582 g/mol. The predicted molar refractivity (Wildman–Crippen MR) is 152 cm³/mol. The smallest absolute Gasteiger partial charge is 0.338 e. The number of benzene rings is 2. The van der Waals surface area contributed by atoms with Crippen LogP contribution in [0.15, 0.2) is 51.4 Å². The SMILES string of the molecule is C#CCOc1c(Cl)cc(/C=c2\sc3n(c2=O)[C@@H](c2ccc(OC)cc2OC)C(C(=O)OCC)=C(C)N=3)cc1OC. The van der Waals surface area contributed by atoms with Crippen LogP contribution in [0.2, 0.25) is 5.02 Å². The molecule has 11 heteroatoms. The van der Waals surface area contributed by atoms with Crippen molar-refractivity contribution < 1.29 is 28.5 Å². The van der Waals surface area contributed by atoms with E-state index < -0.39 is 12.0 Å². The number of nitrogens with zero attached hydrogens (tertiary/aromatic N) is 2. The van der Waals surface area contributed by atoms with Gasteiger partial charge in [-0.2, -0.15) is 0 Å². The number of hydrogen-bond donors (Lipinski definition) is 0. The Balaban J connectivity index is 1.95. The Bertz CT molecular complexity index is 1720. The van der Waals surface area contributed by atoms with Crippen LogP contribution in [0.1, 0.15) is 31.0 Å². The molecule has 0 spiro atoms. The molecule has 0 amide bonds. The number of allylic oxidation sites excluding steroid dienone is 1. The number of rotatable bonds is 9. The lowest BCUT2D eigenvalue weighted by atomic mass is 9.95. The van der Waals surface area contributed by atoms with Crippen LogP contribution in [0.25, 0.3) is 6.08 Å². The van der Waals surface area contributed by atoms with E-state index in [9.17, 15) is 9.59 Å². The third kappa shape index (κ3) is 5.43. The number of hydrogen-bond acceptors (Lipinski definition) is 9. The lowest BCUT2D eigenvalue weighted by Gasteiger charge is -2.26. The highest BCUT2D eigenvalue weighted by molar-refractivity contribution is 7.07. The third-order valence-corrected chi connectivity index (χ3v) is 7.37. The maximum atomic E-state index is 13.9. The molecule has 0 saturated carbocycles. The molecule has 0 N–H and O–H groups in total. The summed E-state index contributed by atoms with van der Waals surface area (Å²) in [6.07, 6.45) is 6.97. The van der Waals surface area contributed by atoms with E-state index in [1.54, 1.807) is 57.4 Å². The fourth-order valence-corrected chi connectivity index (χ4v) is 5.68. The van der Waals surface area contributed by atoms with E-state index in [0.29, 0.717) is 49.2 Å². The average Bonchev–Trinajstić information content (AvgIpc) is 3.24. The van der Waals surface area contributed by atoms with Gasteiger partial charge in [-0.15, -0.1) is 6.42 Å². The van der Waals surface area contributed by atoms with Crippen molar-refractivity contribution in [2.75, 3.05) is 34.5 Å². The number of esters is 1. The van der Waals surface area contributed by atoms with Gasteiger partial charge in [-0.25, -0.2) is 9.79 Å². The van der Waals surface area contributed by atoms with Crippen molar-refractivity contribution in [3.8, 4) is 35.3 Å².